The molecule has 0 atom stereocenters. The standard InChI is InChI=1S/C14H12N4O2S2/c1-20-10-4-2-9(3-5-10)6-11-7-15-14(22-11)16-13(19)12-8-21-18-17-12/h2-5,7-8H,6H2,1H3,(H,15,16,19). The van der Waals surface area contributed by atoms with Gasteiger partial charge < -0.3 is 4.74 Å². The van der Waals surface area contributed by atoms with Gasteiger partial charge in [0.25, 0.3) is 5.91 Å². The number of benzene rings is 1. The van der Waals surface area contributed by atoms with Crippen LogP contribution < -0.4 is 10.1 Å². The summed E-state index contributed by atoms with van der Waals surface area (Å²) in [5, 5.41) is 8.60. The Morgan fingerprint density at radius 1 is 1.32 bits per heavy atom. The topological polar surface area (TPSA) is 77.0 Å². The Morgan fingerprint density at radius 2 is 2.14 bits per heavy atom. The summed E-state index contributed by atoms with van der Waals surface area (Å²) in [6.07, 6.45) is 2.53. The van der Waals surface area contributed by atoms with Crippen molar-refractivity contribution in [1.29, 1.82) is 0 Å². The SMILES string of the molecule is COc1ccc(Cc2cnc(NC(=O)c3csnn3)s2)cc1. The van der Waals surface area contributed by atoms with Gasteiger partial charge in [-0.1, -0.05) is 16.6 Å². The summed E-state index contributed by atoms with van der Waals surface area (Å²) in [5.41, 5.74) is 1.46. The van der Waals surface area contributed by atoms with Gasteiger partial charge in [0.2, 0.25) is 0 Å². The van der Waals surface area contributed by atoms with Gasteiger partial charge >= 0.3 is 0 Å². The first-order chi connectivity index (χ1) is 10.7. The van der Waals surface area contributed by atoms with Gasteiger partial charge in [0.1, 0.15) is 5.75 Å². The average molecular weight is 332 g/mol. The van der Waals surface area contributed by atoms with E-state index in [1.54, 1.807) is 18.7 Å². The van der Waals surface area contributed by atoms with E-state index in [-0.39, 0.29) is 5.91 Å². The number of aromatic nitrogens is 3. The molecule has 22 heavy (non-hydrogen) atoms. The second-order valence-corrected chi connectivity index (χ2v) is 6.13. The normalized spacial score (nSPS) is 10.4. The number of carbonyl (C=O) groups excluding carboxylic acids is 1. The predicted octanol–water partition coefficient (Wildman–Crippen LogP) is 2.85. The van der Waals surface area contributed by atoms with E-state index in [4.69, 9.17) is 4.74 Å². The summed E-state index contributed by atoms with van der Waals surface area (Å²) < 4.78 is 8.80. The second-order valence-electron chi connectivity index (χ2n) is 4.40. The van der Waals surface area contributed by atoms with Crippen molar-refractivity contribution >= 4 is 33.9 Å². The quantitative estimate of drug-likeness (QED) is 0.777. The lowest BCUT2D eigenvalue weighted by molar-refractivity contribution is 0.102. The largest absolute Gasteiger partial charge is 0.497 e. The molecular weight excluding hydrogens is 320 g/mol. The van der Waals surface area contributed by atoms with Crippen molar-refractivity contribution in [2.75, 3.05) is 12.4 Å². The summed E-state index contributed by atoms with van der Waals surface area (Å²) in [6.45, 7) is 0. The zero-order valence-corrected chi connectivity index (χ0v) is 13.3. The third-order valence-corrected chi connectivity index (χ3v) is 4.32. The number of nitrogens with one attached hydrogen (secondary N) is 1. The zero-order valence-electron chi connectivity index (χ0n) is 11.6. The lowest BCUT2D eigenvalue weighted by Gasteiger charge is -2.01. The molecule has 1 aromatic carbocycles. The van der Waals surface area contributed by atoms with E-state index in [1.807, 2.05) is 24.3 Å². The van der Waals surface area contributed by atoms with E-state index in [1.165, 1.54) is 11.3 Å². The number of methoxy groups -OCH3 is 1. The molecule has 0 unspecified atom stereocenters. The fourth-order valence-electron chi connectivity index (χ4n) is 1.82. The van der Waals surface area contributed by atoms with Gasteiger partial charge in [-0.2, -0.15) is 0 Å². The maximum absolute atomic E-state index is 11.9. The summed E-state index contributed by atoms with van der Waals surface area (Å²) in [6, 6.07) is 7.87. The molecule has 0 radical (unpaired) electrons. The highest BCUT2D eigenvalue weighted by Gasteiger charge is 2.11. The van der Waals surface area contributed by atoms with Crippen molar-refractivity contribution in [1.82, 2.24) is 14.6 Å². The molecule has 0 aliphatic rings. The fraction of sp³-hybridized carbons (Fsp3) is 0.143. The molecule has 8 heteroatoms. The van der Waals surface area contributed by atoms with Gasteiger partial charge in [-0.25, -0.2) is 4.98 Å². The molecule has 0 spiro atoms. The number of nitrogens with zero attached hydrogens (tertiary/aromatic N) is 3. The van der Waals surface area contributed by atoms with Crippen molar-refractivity contribution < 1.29 is 9.53 Å². The van der Waals surface area contributed by atoms with Crippen molar-refractivity contribution in [2.45, 2.75) is 6.42 Å². The van der Waals surface area contributed by atoms with Crippen LogP contribution in [0.3, 0.4) is 0 Å². The Morgan fingerprint density at radius 3 is 2.82 bits per heavy atom. The minimum Gasteiger partial charge on any atom is -0.497 e. The predicted molar refractivity (Wildman–Crippen MR) is 85.8 cm³/mol. The number of thiazole rings is 1. The number of ether oxygens (including phenoxy) is 1. The summed E-state index contributed by atoms with van der Waals surface area (Å²) >= 11 is 2.58. The molecule has 3 rings (SSSR count). The highest BCUT2D eigenvalue weighted by molar-refractivity contribution is 7.15. The fourth-order valence-corrected chi connectivity index (χ4v) is 3.09. The van der Waals surface area contributed by atoms with E-state index in [9.17, 15) is 4.79 Å². The molecule has 1 amide bonds. The lowest BCUT2D eigenvalue weighted by atomic mass is 10.1. The molecule has 112 valence electrons. The van der Waals surface area contributed by atoms with Gasteiger partial charge in [-0.3, -0.25) is 10.1 Å². The minimum atomic E-state index is -0.293. The molecule has 0 saturated heterocycles. The van der Waals surface area contributed by atoms with Gasteiger partial charge in [-0.15, -0.1) is 16.4 Å². The van der Waals surface area contributed by atoms with Crippen LogP contribution in [-0.2, 0) is 6.42 Å². The first-order valence-electron chi connectivity index (χ1n) is 6.40. The zero-order chi connectivity index (χ0) is 15.4. The number of hydrogen-bond acceptors (Lipinski definition) is 7. The van der Waals surface area contributed by atoms with E-state index >= 15 is 0 Å². The third-order valence-electron chi connectivity index (χ3n) is 2.90. The van der Waals surface area contributed by atoms with Gasteiger partial charge in [0.05, 0.1) is 7.11 Å². The van der Waals surface area contributed by atoms with Crippen LogP contribution in [0.1, 0.15) is 20.9 Å². The molecule has 0 saturated carbocycles. The summed E-state index contributed by atoms with van der Waals surface area (Å²) in [7, 11) is 1.64. The molecule has 0 fully saturated rings. The maximum atomic E-state index is 11.9. The Balaban J connectivity index is 1.64. The Bertz CT molecular complexity index is 754. The molecule has 2 heterocycles. The molecule has 0 aliphatic heterocycles. The molecule has 3 aromatic rings. The number of hydrogen-bond donors (Lipinski definition) is 1. The van der Waals surface area contributed by atoms with Crippen molar-refractivity contribution in [2.24, 2.45) is 0 Å². The van der Waals surface area contributed by atoms with Crippen LogP contribution in [0.25, 0.3) is 0 Å². The van der Waals surface area contributed by atoms with Crippen LogP contribution in [-0.4, -0.2) is 27.6 Å². The monoisotopic (exact) mass is 332 g/mol. The Hall–Kier alpha value is -2.32. The number of carbonyl (C=O) groups is 1. The molecule has 0 aliphatic carbocycles. The van der Waals surface area contributed by atoms with Crippen LogP contribution in [0.15, 0.2) is 35.8 Å². The number of amides is 1. The lowest BCUT2D eigenvalue weighted by Crippen LogP contribution is -2.11. The first-order valence-corrected chi connectivity index (χ1v) is 8.06. The van der Waals surface area contributed by atoms with Crippen LogP contribution in [0, 0.1) is 0 Å². The van der Waals surface area contributed by atoms with E-state index in [2.05, 4.69) is 19.9 Å². The Kier molecular flexibility index (Phi) is 4.40. The van der Waals surface area contributed by atoms with Crippen molar-refractivity contribution in [3.05, 3.63) is 52.0 Å². The highest BCUT2D eigenvalue weighted by Crippen LogP contribution is 2.22. The second kappa shape index (κ2) is 6.63. The number of rotatable bonds is 5. The van der Waals surface area contributed by atoms with E-state index in [0.717, 1.165) is 34.1 Å². The van der Waals surface area contributed by atoms with Gasteiger partial charge in [0, 0.05) is 22.9 Å². The van der Waals surface area contributed by atoms with Crippen LogP contribution >= 0.6 is 22.9 Å². The smallest absolute Gasteiger partial charge is 0.278 e. The Labute approximate surface area is 135 Å². The minimum absolute atomic E-state index is 0.293. The molecule has 0 bridgehead atoms. The summed E-state index contributed by atoms with van der Waals surface area (Å²) in [5.74, 6) is 0.539. The van der Waals surface area contributed by atoms with Crippen molar-refractivity contribution in [3.8, 4) is 5.75 Å². The number of anilines is 1. The molecule has 1 N–H and O–H groups in total. The highest BCUT2D eigenvalue weighted by atomic mass is 32.1. The molecule has 2 aromatic heterocycles. The van der Waals surface area contributed by atoms with Gasteiger partial charge in [-0.05, 0) is 29.2 Å². The van der Waals surface area contributed by atoms with Crippen molar-refractivity contribution in [3.63, 3.8) is 0 Å². The van der Waals surface area contributed by atoms with E-state index < -0.39 is 0 Å². The first kappa shape index (κ1) is 14.6. The van der Waals surface area contributed by atoms with Crippen LogP contribution in [0.2, 0.25) is 0 Å². The molecular formula is C14H12N4O2S2. The third kappa shape index (κ3) is 3.46. The van der Waals surface area contributed by atoms with Gasteiger partial charge in [0.15, 0.2) is 10.8 Å². The average Bonchev–Trinajstić information content (AvgIpc) is 3.20. The van der Waals surface area contributed by atoms with Crippen LogP contribution in [0.4, 0.5) is 5.13 Å². The maximum Gasteiger partial charge on any atom is 0.278 e. The van der Waals surface area contributed by atoms with Crippen LogP contribution in [0.5, 0.6) is 5.75 Å². The molecule has 6 nitrogen and oxygen atoms in total. The summed E-state index contributed by atoms with van der Waals surface area (Å²) in [4.78, 5) is 17.1. The van der Waals surface area contributed by atoms with E-state index in [0.29, 0.717) is 10.8 Å².